The third kappa shape index (κ3) is 2.01. The van der Waals surface area contributed by atoms with E-state index in [1.54, 1.807) is 7.11 Å². The second kappa shape index (κ2) is 5.15. The van der Waals surface area contributed by atoms with E-state index >= 15 is 0 Å². The van der Waals surface area contributed by atoms with Crippen molar-refractivity contribution in [2.45, 2.75) is 0 Å². The van der Waals surface area contributed by atoms with Crippen LogP contribution in [0.15, 0.2) is 77.2 Å². The average molecular weight is 287 g/mol. The highest BCUT2D eigenvalue weighted by atomic mass is 16.5. The first kappa shape index (κ1) is 12.8. The number of ether oxygens (including phenoxy) is 1. The molecule has 0 saturated carbocycles. The van der Waals surface area contributed by atoms with Gasteiger partial charge < -0.3 is 4.74 Å². The second-order valence-electron chi connectivity index (χ2n) is 5.20. The van der Waals surface area contributed by atoms with Gasteiger partial charge in [-0.25, -0.2) is 4.42 Å². The summed E-state index contributed by atoms with van der Waals surface area (Å²) in [6.07, 6.45) is 0. The molecule has 0 fully saturated rings. The zero-order valence-electron chi connectivity index (χ0n) is 12.2. The molecule has 2 heteroatoms. The molecule has 0 saturated heterocycles. The van der Waals surface area contributed by atoms with Gasteiger partial charge in [-0.05, 0) is 23.6 Å². The SMILES string of the molecule is COc1cc(-c2ccccc2)[o+]c2ccc3ccccc3c12. The molecule has 22 heavy (non-hydrogen) atoms. The van der Waals surface area contributed by atoms with Crippen LogP contribution in [0, 0.1) is 0 Å². The molecule has 0 spiro atoms. The molecule has 0 aliphatic heterocycles. The summed E-state index contributed by atoms with van der Waals surface area (Å²) in [6, 6.07) is 24.4. The molecule has 2 nitrogen and oxygen atoms in total. The van der Waals surface area contributed by atoms with Crippen molar-refractivity contribution in [1.82, 2.24) is 0 Å². The first-order chi connectivity index (χ1) is 10.9. The van der Waals surface area contributed by atoms with Crippen molar-refractivity contribution in [3.05, 3.63) is 72.8 Å². The van der Waals surface area contributed by atoms with E-state index in [1.165, 1.54) is 5.39 Å². The van der Waals surface area contributed by atoms with Gasteiger partial charge in [-0.15, -0.1) is 0 Å². The Kier molecular flexibility index (Phi) is 3.01. The predicted octanol–water partition coefficient (Wildman–Crippen LogP) is 5.54. The number of methoxy groups -OCH3 is 1. The molecular formula is C20H15O2+. The Morgan fingerprint density at radius 2 is 1.59 bits per heavy atom. The summed E-state index contributed by atoms with van der Waals surface area (Å²) in [5.74, 6) is 1.64. The summed E-state index contributed by atoms with van der Waals surface area (Å²) in [5, 5.41) is 3.33. The summed E-state index contributed by atoms with van der Waals surface area (Å²) in [5.41, 5.74) is 1.87. The Labute approximate surface area is 128 Å². The van der Waals surface area contributed by atoms with E-state index in [4.69, 9.17) is 9.15 Å². The highest BCUT2D eigenvalue weighted by Crippen LogP contribution is 2.36. The van der Waals surface area contributed by atoms with Crippen LogP contribution in [0.5, 0.6) is 5.75 Å². The van der Waals surface area contributed by atoms with Crippen LogP contribution >= 0.6 is 0 Å². The molecule has 0 aliphatic carbocycles. The molecule has 0 amide bonds. The van der Waals surface area contributed by atoms with Crippen molar-refractivity contribution in [3.8, 4) is 17.1 Å². The summed E-state index contributed by atoms with van der Waals surface area (Å²) in [4.78, 5) is 0. The van der Waals surface area contributed by atoms with Gasteiger partial charge >= 0.3 is 11.3 Å². The number of hydrogen-bond donors (Lipinski definition) is 0. The smallest absolute Gasteiger partial charge is 0.365 e. The first-order valence-corrected chi connectivity index (χ1v) is 7.25. The lowest BCUT2D eigenvalue weighted by Gasteiger charge is -2.04. The molecule has 0 unspecified atom stereocenters. The van der Waals surface area contributed by atoms with E-state index in [2.05, 4.69) is 18.2 Å². The standard InChI is InChI=1S/C20H15O2/c1-21-19-13-18(15-8-3-2-4-9-15)22-17-12-11-14-7-5-6-10-16(14)20(17)19/h2-13H,1H3/q+1. The van der Waals surface area contributed by atoms with Crippen molar-refractivity contribution in [1.29, 1.82) is 0 Å². The molecule has 0 bridgehead atoms. The Morgan fingerprint density at radius 1 is 0.818 bits per heavy atom. The molecule has 106 valence electrons. The third-order valence-electron chi connectivity index (χ3n) is 3.90. The van der Waals surface area contributed by atoms with Gasteiger partial charge in [0.2, 0.25) is 0 Å². The maximum Gasteiger partial charge on any atom is 0.365 e. The summed E-state index contributed by atoms with van der Waals surface area (Å²) >= 11 is 0. The fourth-order valence-corrected chi connectivity index (χ4v) is 2.84. The van der Waals surface area contributed by atoms with Crippen LogP contribution in [0.2, 0.25) is 0 Å². The minimum atomic E-state index is 0.806. The molecule has 0 radical (unpaired) electrons. The topological polar surface area (TPSA) is 20.5 Å². The minimum Gasteiger partial charge on any atom is -0.495 e. The van der Waals surface area contributed by atoms with Gasteiger partial charge in [-0.1, -0.05) is 42.5 Å². The summed E-state index contributed by atoms with van der Waals surface area (Å²) in [6.45, 7) is 0. The van der Waals surface area contributed by atoms with Gasteiger partial charge in [-0.2, -0.15) is 0 Å². The van der Waals surface area contributed by atoms with Gasteiger partial charge in [0, 0.05) is 11.5 Å². The molecule has 4 aromatic rings. The fourth-order valence-electron chi connectivity index (χ4n) is 2.84. The van der Waals surface area contributed by atoms with Crippen LogP contribution in [-0.4, -0.2) is 7.11 Å². The second-order valence-corrected chi connectivity index (χ2v) is 5.20. The van der Waals surface area contributed by atoms with Gasteiger partial charge in [-0.3, -0.25) is 0 Å². The van der Waals surface area contributed by atoms with Crippen LogP contribution in [0.4, 0.5) is 0 Å². The van der Waals surface area contributed by atoms with Gasteiger partial charge in [0.25, 0.3) is 0 Å². The average Bonchev–Trinajstić information content (AvgIpc) is 2.61. The van der Waals surface area contributed by atoms with Crippen molar-refractivity contribution in [2.75, 3.05) is 7.11 Å². The van der Waals surface area contributed by atoms with E-state index in [9.17, 15) is 0 Å². The Hall–Kier alpha value is -2.87. The van der Waals surface area contributed by atoms with Crippen molar-refractivity contribution in [3.63, 3.8) is 0 Å². The molecule has 0 N–H and O–H groups in total. The number of hydrogen-bond acceptors (Lipinski definition) is 1. The van der Waals surface area contributed by atoms with Crippen molar-refractivity contribution >= 4 is 21.7 Å². The first-order valence-electron chi connectivity index (χ1n) is 7.25. The molecular weight excluding hydrogens is 272 g/mol. The Balaban J connectivity index is 2.07. The maximum atomic E-state index is 6.12. The van der Waals surface area contributed by atoms with Crippen LogP contribution in [-0.2, 0) is 0 Å². The zero-order valence-corrected chi connectivity index (χ0v) is 12.2. The van der Waals surface area contributed by atoms with Gasteiger partial charge in [0.05, 0.1) is 18.7 Å². The largest absolute Gasteiger partial charge is 0.495 e. The normalized spacial score (nSPS) is 11.0. The maximum absolute atomic E-state index is 6.12. The summed E-state index contributed by atoms with van der Waals surface area (Å²) in [7, 11) is 1.70. The van der Waals surface area contributed by atoms with Crippen LogP contribution in [0.3, 0.4) is 0 Å². The quantitative estimate of drug-likeness (QED) is 0.356. The minimum absolute atomic E-state index is 0.806. The molecule has 1 aromatic heterocycles. The molecule has 1 heterocycles. The van der Waals surface area contributed by atoms with Crippen molar-refractivity contribution < 1.29 is 9.15 Å². The van der Waals surface area contributed by atoms with Crippen LogP contribution < -0.4 is 4.74 Å². The predicted molar refractivity (Wildman–Crippen MR) is 90.1 cm³/mol. The van der Waals surface area contributed by atoms with E-state index in [1.807, 2.05) is 54.6 Å². The highest BCUT2D eigenvalue weighted by Gasteiger charge is 2.21. The summed E-state index contributed by atoms with van der Waals surface area (Å²) < 4.78 is 11.8. The lowest BCUT2D eigenvalue weighted by atomic mass is 10.0. The zero-order chi connectivity index (χ0) is 14.9. The van der Waals surface area contributed by atoms with Gasteiger partial charge in [0.15, 0.2) is 0 Å². The molecule has 0 atom stereocenters. The van der Waals surface area contributed by atoms with E-state index in [0.717, 1.165) is 33.4 Å². The van der Waals surface area contributed by atoms with E-state index in [-0.39, 0.29) is 0 Å². The van der Waals surface area contributed by atoms with Crippen molar-refractivity contribution in [2.24, 2.45) is 0 Å². The number of benzene rings is 3. The monoisotopic (exact) mass is 287 g/mol. The fraction of sp³-hybridized carbons (Fsp3) is 0.0500. The van der Waals surface area contributed by atoms with Crippen LogP contribution in [0.1, 0.15) is 0 Å². The number of fused-ring (bicyclic) bond motifs is 3. The van der Waals surface area contributed by atoms with E-state index < -0.39 is 0 Å². The molecule has 0 aliphatic rings. The number of rotatable bonds is 2. The third-order valence-corrected chi connectivity index (χ3v) is 3.90. The van der Waals surface area contributed by atoms with Crippen LogP contribution in [0.25, 0.3) is 33.1 Å². The van der Waals surface area contributed by atoms with E-state index in [0.29, 0.717) is 0 Å². The lowest BCUT2D eigenvalue weighted by molar-refractivity contribution is 0.417. The Bertz CT molecular complexity index is 959. The lowest BCUT2D eigenvalue weighted by Crippen LogP contribution is -1.88. The molecule has 3 aromatic carbocycles. The highest BCUT2D eigenvalue weighted by molar-refractivity contribution is 6.09. The Morgan fingerprint density at radius 3 is 2.41 bits per heavy atom. The molecule has 4 rings (SSSR count). The van der Waals surface area contributed by atoms with Gasteiger partial charge in [0.1, 0.15) is 11.1 Å².